The van der Waals surface area contributed by atoms with E-state index in [1.54, 1.807) is 36.4 Å². The molecule has 3 rings (SSSR count). The molecule has 0 unspecified atom stereocenters. The Kier molecular flexibility index (Phi) is 6.66. The van der Waals surface area contributed by atoms with Gasteiger partial charge in [-0.15, -0.1) is 13.2 Å². The van der Waals surface area contributed by atoms with Gasteiger partial charge in [0.15, 0.2) is 0 Å². The summed E-state index contributed by atoms with van der Waals surface area (Å²) >= 11 is 5.92. The smallest absolute Gasteiger partial charge is 0.406 e. The number of ether oxygens (including phenoxy) is 1. The lowest BCUT2D eigenvalue weighted by atomic mass is 10.1. The number of hydrogen-bond donors (Lipinski definition) is 2. The van der Waals surface area contributed by atoms with Crippen LogP contribution >= 0.6 is 11.6 Å². The first-order chi connectivity index (χ1) is 14.2. The van der Waals surface area contributed by atoms with Crippen molar-refractivity contribution in [2.45, 2.75) is 32.7 Å². The lowest BCUT2D eigenvalue weighted by Gasteiger charge is -2.15. The molecule has 1 aromatic heterocycles. The number of halogens is 4. The molecule has 0 saturated heterocycles. The van der Waals surface area contributed by atoms with Gasteiger partial charge < -0.3 is 15.4 Å². The minimum Gasteiger partial charge on any atom is -0.406 e. The van der Waals surface area contributed by atoms with Crippen molar-refractivity contribution in [3.8, 4) is 17.0 Å². The Morgan fingerprint density at radius 3 is 2.47 bits per heavy atom. The molecule has 1 atom stereocenters. The van der Waals surface area contributed by atoms with Crippen LogP contribution in [-0.4, -0.2) is 22.4 Å². The quantitative estimate of drug-likeness (QED) is 0.434. The molecule has 0 amide bonds. The van der Waals surface area contributed by atoms with Crippen LogP contribution in [0.25, 0.3) is 11.3 Å². The predicted molar refractivity (Wildman–Crippen MR) is 112 cm³/mol. The number of anilines is 3. The van der Waals surface area contributed by atoms with Gasteiger partial charge in [-0.25, -0.2) is 4.98 Å². The summed E-state index contributed by atoms with van der Waals surface area (Å²) in [6.07, 6.45) is -3.92. The molecular formula is C21H20ClF3N4O. The van der Waals surface area contributed by atoms with Gasteiger partial charge in [0.1, 0.15) is 11.6 Å². The van der Waals surface area contributed by atoms with Crippen molar-refractivity contribution in [3.63, 3.8) is 0 Å². The van der Waals surface area contributed by atoms with Crippen molar-refractivity contribution in [3.05, 3.63) is 59.6 Å². The second-order valence-corrected chi connectivity index (χ2v) is 7.06. The summed E-state index contributed by atoms with van der Waals surface area (Å²) in [6.45, 7) is 4.01. The first kappa shape index (κ1) is 21.7. The molecule has 0 bridgehead atoms. The van der Waals surface area contributed by atoms with E-state index in [1.165, 1.54) is 18.2 Å². The van der Waals surface area contributed by atoms with E-state index in [0.29, 0.717) is 28.0 Å². The molecule has 0 fully saturated rings. The Bertz CT molecular complexity index is 996. The van der Waals surface area contributed by atoms with Crippen molar-refractivity contribution >= 4 is 29.1 Å². The first-order valence-corrected chi connectivity index (χ1v) is 9.64. The van der Waals surface area contributed by atoms with Crippen molar-refractivity contribution in [1.29, 1.82) is 0 Å². The fourth-order valence-electron chi connectivity index (χ4n) is 2.58. The van der Waals surface area contributed by atoms with Crippen molar-refractivity contribution in [2.24, 2.45) is 0 Å². The molecule has 30 heavy (non-hydrogen) atoms. The molecule has 158 valence electrons. The zero-order valence-electron chi connectivity index (χ0n) is 16.3. The summed E-state index contributed by atoms with van der Waals surface area (Å²) in [6, 6.07) is 14.5. The van der Waals surface area contributed by atoms with Crippen LogP contribution in [0, 0.1) is 0 Å². The van der Waals surface area contributed by atoms with Gasteiger partial charge >= 0.3 is 6.36 Å². The molecule has 0 saturated carbocycles. The number of hydrogen-bond acceptors (Lipinski definition) is 5. The molecular weight excluding hydrogens is 417 g/mol. The van der Waals surface area contributed by atoms with Crippen LogP contribution in [0.15, 0.2) is 54.6 Å². The Hall–Kier alpha value is -3.00. The number of aromatic nitrogens is 2. The summed E-state index contributed by atoms with van der Waals surface area (Å²) in [7, 11) is 0. The van der Waals surface area contributed by atoms with E-state index in [0.717, 1.165) is 12.1 Å². The molecule has 3 aromatic rings. The van der Waals surface area contributed by atoms with Gasteiger partial charge in [-0.2, -0.15) is 4.98 Å². The maximum Gasteiger partial charge on any atom is 0.573 e. The van der Waals surface area contributed by atoms with Crippen LogP contribution in [-0.2, 0) is 0 Å². The topological polar surface area (TPSA) is 59.1 Å². The second kappa shape index (κ2) is 9.21. The lowest BCUT2D eigenvalue weighted by molar-refractivity contribution is -0.274. The van der Waals surface area contributed by atoms with Gasteiger partial charge in [0.2, 0.25) is 5.95 Å². The van der Waals surface area contributed by atoms with E-state index in [4.69, 9.17) is 11.6 Å². The number of nitrogens with zero attached hydrogens (tertiary/aromatic N) is 2. The minimum absolute atomic E-state index is 0.114. The van der Waals surface area contributed by atoms with Gasteiger partial charge in [-0.05, 0) is 49.7 Å². The summed E-state index contributed by atoms with van der Waals surface area (Å²) in [5, 5.41) is 6.96. The standard InChI is InChI=1S/C21H20ClF3N4O/c1-3-13(2)26-20-28-18(14-5-4-6-17(11-14)30-21(23,24)25)12-19(29-20)27-16-9-7-15(22)8-10-16/h4-13H,3H2,1-2H3,(H2,26,27,28,29)/t13-/m1/s1. The van der Waals surface area contributed by atoms with E-state index >= 15 is 0 Å². The third kappa shape index (κ3) is 6.25. The highest BCUT2D eigenvalue weighted by molar-refractivity contribution is 6.30. The minimum atomic E-state index is -4.77. The van der Waals surface area contributed by atoms with Gasteiger partial charge in [0.25, 0.3) is 0 Å². The summed E-state index contributed by atoms with van der Waals surface area (Å²) < 4.78 is 41.8. The zero-order chi connectivity index (χ0) is 21.7. The van der Waals surface area contributed by atoms with E-state index in [2.05, 4.69) is 25.3 Å². The zero-order valence-corrected chi connectivity index (χ0v) is 17.1. The third-order valence-electron chi connectivity index (χ3n) is 4.19. The van der Waals surface area contributed by atoms with Gasteiger partial charge in [0.05, 0.1) is 5.69 Å². The van der Waals surface area contributed by atoms with Crippen LogP contribution in [0.3, 0.4) is 0 Å². The molecule has 5 nitrogen and oxygen atoms in total. The highest BCUT2D eigenvalue weighted by Crippen LogP contribution is 2.29. The summed E-state index contributed by atoms with van der Waals surface area (Å²) in [5.41, 5.74) is 1.66. The van der Waals surface area contributed by atoms with Crippen LogP contribution in [0.1, 0.15) is 20.3 Å². The monoisotopic (exact) mass is 436 g/mol. The molecule has 1 heterocycles. The highest BCUT2D eigenvalue weighted by atomic mass is 35.5. The van der Waals surface area contributed by atoms with Crippen molar-refractivity contribution < 1.29 is 17.9 Å². The van der Waals surface area contributed by atoms with Gasteiger partial charge in [-0.1, -0.05) is 30.7 Å². The fourth-order valence-corrected chi connectivity index (χ4v) is 2.71. The van der Waals surface area contributed by atoms with Crippen molar-refractivity contribution in [2.75, 3.05) is 10.6 Å². The summed E-state index contributed by atoms with van der Waals surface area (Å²) in [5.74, 6) is 0.526. The first-order valence-electron chi connectivity index (χ1n) is 9.26. The van der Waals surface area contributed by atoms with E-state index in [-0.39, 0.29) is 11.8 Å². The van der Waals surface area contributed by atoms with E-state index in [1.807, 2.05) is 13.8 Å². The second-order valence-electron chi connectivity index (χ2n) is 6.62. The van der Waals surface area contributed by atoms with Crippen LogP contribution < -0.4 is 15.4 Å². The van der Waals surface area contributed by atoms with Crippen LogP contribution in [0.5, 0.6) is 5.75 Å². The molecule has 0 aliphatic heterocycles. The van der Waals surface area contributed by atoms with Gasteiger partial charge in [0, 0.05) is 28.4 Å². The fraction of sp³-hybridized carbons (Fsp3) is 0.238. The van der Waals surface area contributed by atoms with E-state index in [9.17, 15) is 13.2 Å². The lowest BCUT2D eigenvalue weighted by Crippen LogP contribution is -2.17. The molecule has 2 N–H and O–H groups in total. The number of rotatable bonds is 7. The molecule has 0 spiro atoms. The maximum atomic E-state index is 12.6. The van der Waals surface area contributed by atoms with E-state index < -0.39 is 6.36 Å². The summed E-state index contributed by atoms with van der Waals surface area (Å²) in [4.78, 5) is 8.93. The molecule has 9 heteroatoms. The van der Waals surface area contributed by atoms with Crippen LogP contribution in [0.4, 0.5) is 30.6 Å². The van der Waals surface area contributed by atoms with Crippen LogP contribution in [0.2, 0.25) is 5.02 Å². The highest BCUT2D eigenvalue weighted by Gasteiger charge is 2.31. The van der Waals surface area contributed by atoms with Gasteiger partial charge in [-0.3, -0.25) is 0 Å². The van der Waals surface area contributed by atoms with Crippen molar-refractivity contribution in [1.82, 2.24) is 9.97 Å². The number of alkyl halides is 3. The average Bonchev–Trinajstić information content (AvgIpc) is 2.68. The number of nitrogens with one attached hydrogen (secondary N) is 2. The predicted octanol–water partition coefficient (Wildman–Crippen LogP) is 6.65. The molecule has 0 aliphatic rings. The Balaban J connectivity index is 1.97. The average molecular weight is 437 g/mol. The Morgan fingerprint density at radius 1 is 1.07 bits per heavy atom. The normalized spacial score (nSPS) is 12.3. The Morgan fingerprint density at radius 2 is 1.80 bits per heavy atom. The maximum absolute atomic E-state index is 12.6. The molecule has 0 radical (unpaired) electrons. The molecule has 2 aromatic carbocycles. The SMILES string of the molecule is CC[C@@H](C)Nc1nc(Nc2ccc(Cl)cc2)cc(-c2cccc(OC(F)(F)F)c2)n1. The number of benzene rings is 2. The molecule has 0 aliphatic carbocycles. The largest absolute Gasteiger partial charge is 0.573 e. The third-order valence-corrected chi connectivity index (χ3v) is 4.45. The Labute approximate surface area is 177 Å².